The molecule has 0 spiro atoms. The zero-order valence-corrected chi connectivity index (χ0v) is 11.8. The van der Waals surface area contributed by atoms with Crippen molar-refractivity contribution in [3.05, 3.63) is 41.3 Å². The van der Waals surface area contributed by atoms with E-state index < -0.39 is 0 Å². The minimum atomic E-state index is 0.518. The molecule has 0 atom stereocenters. The molecule has 0 amide bonds. The van der Waals surface area contributed by atoms with Gasteiger partial charge in [-0.05, 0) is 18.6 Å². The van der Waals surface area contributed by atoms with E-state index in [0.29, 0.717) is 5.15 Å². The van der Waals surface area contributed by atoms with Gasteiger partial charge in [0.05, 0.1) is 12.0 Å². The van der Waals surface area contributed by atoms with Crippen LogP contribution in [-0.2, 0) is 6.42 Å². The molecule has 3 nitrogen and oxygen atoms in total. The molecular formula is C13H13ClN2OS. The van der Waals surface area contributed by atoms with Crippen LogP contribution in [0.3, 0.4) is 0 Å². The van der Waals surface area contributed by atoms with Gasteiger partial charge in [0.15, 0.2) is 0 Å². The molecule has 94 valence electrons. The molecule has 1 aromatic heterocycles. The van der Waals surface area contributed by atoms with E-state index in [-0.39, 0.29) is 0 Å². The first kappa shape index (κ1) is 13.2. The third-order valence-electron chi connectivity index (χ3n) is 2.48. The molecule has 0 N–H and O–H groups in total. The first-order valence-corrected chi connectivity index (χ1v) is 6.76. The molecule has 1 heterocycles. The molecule has 2 aromatic rings. The average Bonchev–Trinajstić information content (AvgIpc) is 2.40. The maximum Gasteiger partial charge on any atom is 0.136 e. The van der Waals surface area contributed by atoms with E-state index in [1.165, 1.54) is 6.33 Å². The Morgan fingerprint density at radius 2 is 2.06 bits per heavy atom. The van der Waals surface area contributed by atoms with Crippen molar-refractivity contribution in [3.63, 3.8) is 0 Å². The van der Waals surface area contributed by atoms with Gasteiger partial charge >= 0.3 is 0 Å². The Kier molecular flexibility index (Phi) is 4.44. The van der Waals surface area contributed by atoms with Gasteiger partial charge in [-0.3, -0.25) is 0 Å². The summed E-state index contributed by atoms with van der Waals surface area (Å²) in [6, 6.07) is 7.84. The second-order valence-corrected chi connectivity index (χ2v) is 4.94. The van der Waals surface area contributed by atoms with Crippen LogP contribution in [0.25, 0.3) is 0 Å². The zero-order chi connectivity index (χ0) is 13.0. The molecule has 0 aliphatic carbocycles. The molecule has 5 heteroatoms. The third kappa shape index (κ3) is 2.76. The van der Waals surface area contributed by atoms with Crippen molar-refractivity contribution >= 4 is 23.4 Å². The van der Waals surface area contributed by atoms with Gasteiger partial charge in [0.2, 0.25) is 0 Å². The second-order valence-electron chi connectivity index (χ2n) is 3.55. The summed E-state index contributed by atoms with van der Waals surface area (Å²) in [6.45, 7) is 2.04. The minimum absolute atomic E-state index is 0.518. The summed E-state index contributed by atoms with van der Waals surface area (Å²) in [5.41, 5.74) is 0.968. The Morgan fingerprint density at radius 3 is 2.78 bits per heavy atom. The molecule has 0 bridgehead atoms. The normalized spacial score (nSPS) is 10.4. The Morgan fingerprint density at radius 1 is 1.28 bits per heavy atom. The molecule has 0 unspecified atom stereocenters. The highest BCUT2D eigenvalue weighted by atomic mass is 35.5. The predicted octanol–water partition coefficient (Wildman–Crippen LogP) is 3.85. The predicted molar refractivity (Wildman–Crippen MR) is 73.5 cm³/mol. The van der Waals surface area contributed by atoms with Gasteiger partial charge in [-0.1, -0.05) is 42.4 Å². The van der Waals surface area contributed by atoms with Crippen molar-refractivity contribution < 1.29 is 4.74 Å². The van der Waals surface area contributed by atoms with Crippen LogP contribution >= 0.6 is 23.4 Å². The number of para-hydroxylation sites is 1. The van der Waals surface area contributed by atoms with E-state index in [9.17, 15) is 0 Å². The van der Waals surface area contributed by atoms with Crippen LogP contribution in [-0.4, -0.2) is 17.1 Å². The summed E-state index contributed by atoms with van der Waals surface area (Å²) in [5.74, 6) is 0.833. The van der Waals surface area contributed by atoms with Crippen LogP contribution in [0.15, 0.2) is 40.5 Å². The summed E-state index contributed by atoms with van der Waals surface area (Å²) >= 11 is 7.62. The van der Waals surface area contributed by atoms with Crippen LogP contribution < -0.4 is 4.74 Å². The van der Waals surface area contributed by atoms with Gasteiger partial charge in [-0.2, -0.15) is 0 Å². The van der Waals surface area contributed by atoms with E-state index >= 15 is 0 Å². The number of benzene rings is 1. The maximum atomic E-state index is 6.07. The van der Waals surface area contributed by atoms with Crippen molar-refractivity contribution in [1.29, 1.82) is 0 Å². The SMILES string of the molecule is CCc1c(Cl)ncnc1Sc1ccccc1OC. The standard InChI is InChI=1S/C13H13ClN2OS/c1-3-9-12(14)15-8-16-13(9)18-11-7-5-4-6-10(11)17-2/h4-8H,3H2,1-2H3. The van der Waals surface area contributed by atoms with E-state index in [1.54, 1.807) is 18.9 Å². The van der Waals surface area contributed by atoms with E-state index in [2.05, 4.69) is 9.97 Å². The second kappa shape index (κ2) is 6.07. The maximum absolute atomic E-state index is 6.07. The van der Waals surface area contributed by atoms with Gasteiger partial charge < -0.3 is 4.74 Å². The first-order valence-electron chi connectivity index (χ1n) is 5.56. The summed E-state index contributed by atoms with van der Waals surface area (Å²) in [5, 5.41) is 1.40. The first-order chi connectivity index (χ1) is 8.76. The number of hydrogen-bond donors (Lipinski definition) is 0. The third-order valence-corrected chi connectivity index (χ3v) is 3.91. The van der Waals surface area contributed by atoms with Crippen molar-refractivity contribution in [2.75, 3.05) is 7.11 Å². The highest BCUT2D eigenvalue weighted by Gasteiger charge is 2.11. The van der Waals surface area contributed by atoms with Gasteiger partial charge in [-0.15, -0.1) is 0 Å². The fourth-order valence-corrected chi connectivity index (χ4v) is 2.96. The van der Waals surface area contributed by atoms with Crippen LogP contribution in [0.1, 0.15) is 12.5 Å². The van der Waals surface area contributed by atoms with Gasteiger partial charge in [0.1, 0.15) is 22.3 Å². The molecule has 1 aromatic carbocycles. The summed E-state index contributed by atoms with van der Waals surface area (Å²) in [7, 11) is 1.66. The lowest BCUT2D eigenvalue weighted by atomic mass is 10.3. The van der Waals surface area contributed by atoms with Gasteiger partial charge in [0.25, 0.3) is 0 Å². The Hall–Kier alpha value is -1.26. The number of aromatic nitrogens is 2. The molecule has 0 aliphatic heterocycles. The highest BCUT2D eigenvalue weighted by molar-refractivity contribution is 7.99. The summed E-state index contributed by atoms with van der Waals surface area (Å²) in [6.07, 6.45) is 2.29. The van der Waals surface area contributed by atoms with Crippen molar-refractivity contribution in [3.8, 4) is 5.75 Å². The van der Waals surface area contributed by atoms with Crippen LogP contribution in [0.4, 0.5) is 0 Å². The van der Waals surface area contributed by atoms with Crippen molar-refractivity contribution in [2.24, 2.45) is 0 Å². The largest absolute Gasteiger partial charge is 0.496 e. The zero-order valence-electron chi connectivity index (χ0n) is 10.2. The Labute approximate surface area is 116 Å². The molecule has 18 heavy (non-hydrogen) atoms. The summed E-state index contributed by atoms with van der Waals surface area (Å²) in [4.78, 5) is 9.32. The monoisotopic (exact) mass is 280 g/mol. The van der Waals surface area contributed by atoms with E-state index in [0.717, 1.165) is 27.7 Å². The quantitative estimate of drug-likeness (QED) is 0.797. The summed E-state index contributed by atoms with van der Waals surface area (Å²) < 4.78 is 5.32. The lowest BCUT2D eigenvalue weighted by molar-refractivity contribution is 0.405. The molecule has 0 aliphatic rings. The Balaban J connectivity index is 2.37. The minimum Gasteiger partial charge on any atom is -0.496 e. The van der Waals surface area contributed by atoms with Crippen LogP contribution in [0, 0.1) is 0 Å². The fourth-order valence-electron chi connectivity index (χ4n) is 1.57. The molecule has 0 saturated carbocycles. The lowest BCUT2D eigenvalue weighted by Crippen LogP contribution is -1.94. The van der Waals surface area contributed by atoms with Crippen molar-refractivity contribution in [2.45, 2.75) is 23.3 Å². The van der Waals surface area contributed by atoms with Gasteiger partial charge in [-0.25, -0.2) is 9.97 Å². The topological polar surface area (TPSA) is 35.0 Å². The van der Waals surface area contributed by atoms with E-state index in [1.807, 2.05) is 31.2 Å². The fraction of sp³-hybridized carbons (Fsp3) is 0.231. The van der Waals surface area contributed by atoms with Crippen LogP contribution in [0.2, 0.25) is 5.15 Å². The number of ether oxygens (including phenoxy) is 1. The van der Waals surface area contributed by atoms with Gasteiger partial charge in [0, 0.05) is 5.56 Å². The molecule has 0 saturated heterocycles. The molecule has 2 rings (SSSR count). The number of halogens is 1. The van der Waals surface area contributed by atoms with E-state index in [4.69, 9.17) is 16.3 Å². The number of methoxy groups -OCH3 is 1. The lowest BCUT2D eigenvalue weighted by Gasteiger charge is -2.10. The molecule has 0 fully saturated rings. The molecule has 0 radical (unpaired) electrons. The number of rotatable bonds is 4. The molecular weight excluding hydrogens is 268 g/mol. The highest BCUT2D eigenvalue weighted by Crippen LogP contribution is 2.36. The smallest absolute Gasteiger partial charge is 0.136 e. The average molecular weight is 281 g/mol. The number of hydrogen-bond acceptors (Lipinski definition) is 4. The Bertz CT molecular complexity index is 548. The van der Waals surface area contributed by atoms with Crippen molar-refractivity contribution in [1.82, 2.24) is 9.97 Å². The number of nitrogens with zero attached hydrogens (tertiary/aromatic N) is 2. The van der Waals surface area contributed by atoms with Crippen LogP contribution in [0.5, 0.6) is 5.75 Å².